The Hall–Kier alpha value is -1.39. The summed E-state index contributed by atoms with van der Waals surface area (Å²) in [6.07, 6.45) is -3.69. The van der Waals surface area contributed by atoms with Crippen LogP contribution in [0.4, 0.5) is 35.1 Å². The fourth-order valence-electron chi connectivity index (χ4n) is 1.51. The molecule has 0 saturated carbocycles. The van der Waals surface area contributed by atoms with Crippen LogP contribution in [0.15, 0.2) is 12.2 Å². The van der Waals surface area contributed by atoms with Gasteiger partial charge in [-0.1, -0.05) is 13.0 Å². The Morgan fingerprint density at radius 3 is 2.15 bits per heavy atom. The van der Waals surface area contributed by atoms with Crippen LogP contribution < -0.4 is 0 Å². The van der Waals surface area contributed by atoms with E-state index in [9.17, 15) is 39.9 Å². The average molecular weight is 399 g/mol. The molecule has 3 nitrogen and oxygen atoms in total. The van der Waals surface area contributed by atoms with Gasteiger partial charge in [-0.05, 0) is 26.2 Å². The van der Waals surface area contributed by atoms with Crippen LogP contribution in [-0.2, 0) is 14.3 Å². The second kappa shape index (κ2) is 10.1. The lowest BCUT2D eigenvalue weighted by atomic mass is 10.1. The van der Waals surface area contributed by atoms with Gasteiger partial charge in [0.15, 0.2) is 0 Å². The molecule has 0 aromatic rings. The molecule has 1 radical (unpaired) electrons. The molecule has 0 aliphatic heterocycles. The average Bonchev–Trinajstić information content (AvgIpc) is 2.52. The van der Waals surface area contributed by atoms with Gasteiger partial charge in [-0.15, -0.1) is 0 Å². The highest BCUT2D eigenvalue weighted by Crippen LogP contribution is 2.48. The zero-order chi connectivity index (χ0) is 20.6. The number of rotatable bonds is 13. The van der Waals surface area contributed by atoms with E-state index >= 15 is 0 Å². The van der Waals surface area contributed by atoms with Crippen molar-refractivity contribution < 1.29 is 49.4 Å². The first kappa shape index (κ1) is 24.6. The van der Waals surface area contributed by atoms with Crippen molar-refractivity contribution in [3.63, 3.8) is 0 Å². The number of ether oxygens (including phenoxy) is 2. The van der Waals surface area contributed by atoms with Gasteiger partial charge in [-0.25, -0.2) is 13.6 Å². The van der Waals surface area contributed by atoms with Crippen LogP contribution in [0.3, 0.4) is 0 Å². The van der Waals surface area contributed by atoms with Gasteiger partial charge >= 0.3 is 30.2 Å². The standard InChI is InChI=1S/C15H19F8O3/c1-10(2)11(24)26-8-6-4-3-5-7-25-9-13(18,19)15(22,23)14(20,21)12(16)17/h7,12H,1,3-6,8-9H2,2H3. The molecule has 0 heterocycles. The SMILES string of the molecule is C=C(C)C(=O)OCCCCC[CH]OCC(F)(F)C(F)(F)C(F)(F)C(F)F. The topological polar surface area (TPSA) is 35.5 Å². The molecular weight excluding hydrogens is 380 g/mol. The summed E-state index contributed by atoms with van der Waals surface area (Å²) in [5.74, 6) is -18.5. The van der Waals surface area contributed by atoms with Crippen LogP contribution in [0.25, 0.3) is 0 Å². The fourth-order valence-corrected chi connectivity index (χ4v) is 1.51. The predicted molar refractivity (Wildman–Crippen MR) is 75.3 cm³/mol. The van der Waals surface area contributed by atoms with Crippen LogP contribution >= 0.6 is 0 Å². The second-order valence-corrected chi connectivity index (χ2v) is 5.45. The first-order chi connectivity index (χ1) is 11.8. The van der Waals surface area contributed by atoms with E-state index in [0.29, 0.717) is 25.9 Å². The lowest BCUT2D eigenvalue weighted by Crippen LogP contribution is -2.59. The largest absolute Gasteiger partial charge is 0.462 e. The summed E-state index contributed by atoms with van der Waals surface area (Å²) >= 11 is 0. The molecule has 0 amide bonds. The normalized spacial score (nSPS) is 13.2. The fraction of sp³-hybridized carbons (Fsp3) is 0.733. The molecule has 11 heteroatoms. The molecule has 0 unspecified atom stereocenters. The van der Waals surface area contributed by atoms with Crippen LogP contribution in [0.2, 0.25) is 0 Å². The number of carbonyl (C=O) groups is 1. The minimum absolute atomic E-state index is 0.0152. The second-order valence-electron chi connectivity index (χ2n) is 5.45. The van der Waals surface area contributed by atoms with E-state index in [2.05, 4.69) is 11.3 Å². The summed E-state index contributed by atoms with van der Waals surface area (Å²) in [4.78, 5) is 11.0. The van der Waals surface area contributed by atoms with Gasteiger partial charge in [-0.3, -0.25) is 0 Å². The zero-order valence-electron chi connectivity index (χ0n) is 13.9. The van der Waals surface area contributed by atoms with Crippen molar-refractivity contribution in [3.05, 3.63) is 18.8 Å². The molecule has 0 bridgehead atoms. The number of hydrogen-bond acceptors (Lipinski definition) is 3. The van der Waals surface area contributed by atoms with Gasteiger partial charge in [-0.2, -0.15) is 26.3 Å². The highest BCUT2D eigenvalue weighted by Gasteiger charge is 2.75. The third-order valence-electron chi connectivity index (χ3n) is 3.08. The Labute approximate surface area is 145 Å². The van der Waals surface area contributed by atoms with Crippen molar-refractivity contribution in [3.8, 4) is 0 Å². The van der Waals surface area contributed by atoms with Crippen LogP contribution in [0.5, 0.6) is 0 Å². The third kappa shape index (κ3) is 6.73. The Bertz CT molecular complexity index is 466. The number of halogens is 8. The summed E-state index contributed by atoms with van der Waals surface area (Å²) < 4.78 is 110. The Balaban J connectivity index is 4.06. The van der Waals surface area contributed by atoms with Gasteiger partial charge in [0, 0.05) is 5.57 Å². The molecule has 0 N–H and O–H groups in total. The summed E-state index contributed by atoms with van der Waals surface area (Å²) in [5.41, 5.74) is 0.224. The van der Waals surface area contributed by atoms with Gasteiger partial charge in [0.05, 0.1) is 13.2 Å². The van der Waals surface area contributed by atoms with E-state index in [1.54, 1.807) is 0 Å². The lowest BCUT2D eigenvalue weighted by molar-refractivity contribution is -0.344. The molecular formula is C15H19F8O3. The summed E-state index contributed by atoms with van der Waals surface area (Å²) in [7, 11) is 0. The smallest absolute Gasteiger partial charge is 0.380 e. The Morgan fingerprint density at radius 2 is 1.65 bits per heavy atom. The van der Waals surface area contributed by atoms with Gasteiger partial charge in [0.2, 0.25) is 0 Å². The Kier molecular flexibility index (Phi) is 9.54. The van der Waals surface area contributed by atoms with Crippen molar-refractivity contribution >= 4 is 5.97 Å². The van der Waals surface area contributed by atoms with E-state index in [1.807, 2.05) is 0 Å². The molecule has 0 fully saturated rings. The molecule has 0 saturated heterocycles. The third-order valence-corrected chi connectivity index (χ3v) is 3.08. The molecule has 0 aliphatic carbocycles. The molecule has 26 heavy (non-hydrogen) atoms. The van der Waals surface area contributed by atoms with Gasteiger partial charge in [0.25, 0.3) is 0 Å². The number of unbranched alkanes of at least 4 members (excludes halogenated alkanes) is 3. The first-order valence-electron chi connectivity index (χ1n) is 7.45. The van der Waals surface area contributed by atoms with Crippen LogP contribution in [-0.4, -0.2) is 43.4 Å². The number of esters is 1. The van der Waals surface area contributed by atoms with Crippen molar-refractivity contribution in [2.24, 2.45) is 0 Å². The summed E-state index contributed by atoms with van der Waals surface area (Å²) in [6.45, 7) is 3.46. The van der Waals surface area contributed by atoms with Crippen molar-refractivity contribution in [1.82, 2.24) is 0 Å². The van der Waals surface area contributed by atoms with E-state index in [4.69, 9.17) is 4.74 Å². The van der Waals surface area contributed by atoms with E-state index in [0.717, 1.165) is 0 Å². The summed E-state index contributed by atoms with van der Waals surface area (Å²) in [5, 5.41) is 0. The first-order valence-corrected chi connectivity index (χ1v) is 7.45. The highest BCUT2D eigenvalue weighted by molar-refractivity contribution is 5.86. The van der Waals surface area contributed by atoms with Crippen LogP contribution in [0, 0.1) is 6.61 Å². The molecule has 0 aromatic heterocycles. The molecule has 0 aromatic carbocycles. The number of carbonyl (C=O) groups excluding carboxylic acids is 1. The van der Waals surface area contributed by atoms with E-state index in [-0.39, 0.29) is 18.6 Å². The van der Waals surface area contributed by atoms with Crippen LogP contribution in [0.1, 0.15) is 32.6 Å². The maximum absolute atomic E-state index is 13.1. The van der Waals surface area contributed by atoms with E-state index in [1.165, 1.54) is 6.92 Å². The summed E-state index contributed by atoms with van der Waals surface area (Å²) in [6, 6.07) is 0. The molecule has 0 rings (SSSR count). The van der Waals surface area contributed by atoms with Gasteiger partial charge < -0.3 is 9.47 Å². The van der Waals surface area contributed by atoms with Crippen molar-refractivity contribution in [2.75, 3.05) is 13.2 Å². The predicted octanol–water partition coefficient (Wildman–Crippen LogP) is 5.02. The number of hydrogen-bond donors (Lipinski definition) is 0. The maximum Gasteiger partial charge on any atom is 0.380 e. The number of alkyl halides is 8. The van der Waals surface area contributed by atoms with E-state index < -0.39 is 36.8 Å². The lowest BCUT2D eigenvalue weighted by Gasteiger charge is -2.31. The molecule has 0 aliphatic rings. The minimum atomic E-state index is -6.27. The quantitative estimate of drug-likeness (QED) is 0.189. The van der Waals surface area contributed by atoms with Crippen molar-refractivity contribution in [1.29, 1.82) is 0 Å². The monoisotopic (exact) mass is 399 g/mol. The molecule has 0 atom stereocenters. The highest BCUT2D eigenvalue weighted by atomic mass is 19.4. The molecule has 153 valence electrons. The zero-order valence-corrected chi connectivity index (χ0v) is 13.9. The maximum atomic E-state index is 13.1. The molecule has 0 spiro atoms. The van der Waals surface area contributed by atoms with Gasteiger partial charge in [0.1, 0.15) is 6.61 Å². The Morgan fingerprint density at radius 1 is 1.08 bits per heavy atom. The van der Waals surface area contributed by atoms with Crippen molar-refractivity contribution in [2.45, 2.75) is 56.8 Å². The minimum Gasteiger partial charge on any atom is -0.462 e.